The Morgan fingerprint density at radius 1 is 0.250 bits per heavy atom. The lowest BCUT2D eigenvalue weighted by Gasteiger charge is -2.14. The van der Waals surface area contributed by atoms with Gasteiger partial charge in [-0.05, 0) is 64.7 Å². The van der Waals surface area contributed by atoms with Crippen molar-refractivity contribution in [2.75, 3.05) is 0 Å². The predicted octanol–water partition coefficient (Wildman–Crippen LogP) is 15.5. The minimum absolute atomic E-state index is 0.545. The molecule has 0 saturated heterocycles. The average molecular weight is 869 g/mol. The zero-order valence-electron chi connectivity index (χ0n) is 36.8. The number of aromatic nitrogens is 6. The van der Waals surface area contributed by atoms with Crippen LogP contribution in [0.2, 0.25) is 0 Å². The number of benzene rings is 9. The summed E-state index contributed by atoms with van der Waals surface area (Å²) in [6.07, 6.45) is 0. The highest BCUT2D eigenvalue weighted by atomic mass is 15.2. The molecule has 0 atom stereocenters. The summed E-state index contributed by atoms with van der Waals surface area (Å²) in [5.74, 6) is 1.75. The maximum absolute atomic E-state index is 5.40. The quantitative estimate of drug-likeness (QED) is 0.153. The molecule has 0 bridgehead atoms. The van der Waals surface area contributed by atoms with Gasteiger partial charge in [0.15, 0.2) is 11.6 Å². The topological polar surface area (TPSA) is 61.4 Å². The van der Waals surface area contributed by atoms with E-state index < -0.39 is 0 Å². The predicted molar refractivity (Wildman–Crippen MR) is 279 cm³/mol. The fraction of sp³-hybridized carbons (Fsp3) is 0. The fourth-order valence-corrected chi connectivity index (χ4v) is 9.77. The van der Waals surface area contributed by atoms with Crippen LogP contribution in [0.3, 0.4) is 0 Å². The van der Waals surface area contributed by atoms with E-state index in [1.165, 1.54) is 0 Å². The molecule has 0 amide bonds. The van der Waals surface area contributed by atoms with Crippen LogP contribution in [0.15, 0.2) is 243 Å². The van der Waals surface area contributed by atoms with Gasteiger partial charge in [0.25, 0.3) is 0 Å². The Balaban J connectivity index is 1.04. The lowest BCUT2D eigenvalue weighted by atomic mass is 10.00. The maximum atomic E-state index is 5.40. The molecule has 4 heterocycles. The van der Waals surface area contributed by atoms with E-state index in [-0.39, 0.29) is 0 Å². The molecule has 0 fully saturated rings. The zero-order valence-corrected chi connectivity index (χ0v) is 36.8. The molecule has 0 radical (unpaired) electrons. The molecule has 0 unspecified atom stereocenters. The van der Waals surface area contributed by atoms with Gasteiger partial charge in [-0.2, -0.15) is 9.97 Å². The molecule has 318 valence electrons. The normalized spacial score (nSPS) is 11.5. The van der Waals surface area contributed by atoms with Gasteiger partial charge in [0.05, 0.1) is 33.5 Å². The van der Waals surface area contributed by atoms with Gasteiger partial charge in [-0.25, -0.2) is 9.97 Å². The van der Waals surface area contributed by atoms with Crippen LogP contribution in [-0.4, -0.2) is 29.1 Å². The van der Waals surface area contributed by atoms with Gasteiger partial charge in [0, 0.05) is 49.5 Å². The molecule has 13 aromatic rings. The number of nitrogens with zero attached hydrogens (tertiary/aromatic N) is 6. The standard InChI is InChI=1S/C62H40N6/c1-5-18-41(19-6-1)46-26-17-27-47(38-46)61-64-60(45-24-11-4-12-25-45)65-62(66-61)68-57-31-16-14-29-51(57)53-37-36-52-50-28-13-15-30-56(50)67(58(52)59(53)68)49-34-32-44(33-35-49)55-40-48(42-20-7-2-8-21-42)39-54(63-55)43-22-9-3-10-23-43/h1-40H. The van der Waals surface area contributed by atoms with E-state index in [0.29, 0.717) is 17.6 Å². The lowest BCUT2D eigenvalue weighted by Crippen LogP contribution is -2.07. The lowest BCUT2D eigenvalue weighted by molar-refractivity contribution is 0.953. The molecule has 0 saturated carbocycles. The third-order valence-corrected chi connectivity index (χ3v) is 13.0. The third-order valence-electron chi connectivity index (χ3n) is 13.0. The number of hydrogen-bond donors (Lipinski definition) is 0. The highest BCUT2D eigenvalue weighted by molar-refractivity contribution is 6.23. The summed E-state index contributed by atoms with van der Waals surface area (Å²) in [5.41, 5.74) is 15.5. The first-order valence-corrected chi connectivity index (χ1v) is 22.9. The van der Waals surface area contributed by atoms with E-state index in [4.69, 9.17) is 19.9 Å². The Kier molecular flexibility index (Phi) is 9.39. The number of hydrogen-bond acceptors (Lipinski definition) is 4. The SMILES string of the molecule is c1ccc(-c2cccc(-c3nc(-c4ccccc4)nc(-n4c5ccccc5c5ccc6c7ccccc7n(-c7ccc(-c8cc(-c9ccccc9)cc(-c9ccccc9)n8)cc7)c6c54)n3)c2)cc1. The van der Waals surface area contributed by atoms with Crippen LogP contribution in [0.25, 0.3) is 123 Å². The second-order valence-electron chi connectivity index (χ2n) is 17.1. The van der Waals surface area contributed by atoms with Crippen LogP contribution >= 0.6 is 0 Å². The van der Waals surface area contributed by atoms with Crippen molar-refractivity contribution in [1.29, 1.82) is 0 Å². The Morgan fingerprint density at radius 3 is 1.29 bits per heavy atom. The molecule has 9 aromatic carbocycles. The number of rotatable bonds is 8. The van der Waals surface area contributed by atoms with Gasteiger partial charge in [-0.1, -0.05) is 200 Å². The molecular formula is C62H40N6. The third kappa shape index (κ3) is 6.74. The van der Waals surface area contributed by atoms with Crippen molar-refractivity contribution in [3.8, 4) is 79.2 Å². The van der Waals surface area contributed by atoms with Crippen molar-refractivity contribution in [3.05, 3.63) is 243 Å². The summed E-state index contributed by atoms with van der Waals surface area (Å²) in [5, 5.41) is 4.52. The molecule has 0 aliphatic heterocycles. The smallest absolute Gasteiger partial charge is 0.238 e. The molecule has 13 rings (SSSR count). The minimum Gasteiger partial charge on any atom is -0.307 e. The van der Waals surface area contributed by atoms with E-state index in [9.17, 15) is 0 Å². The largest absolute Gasteiger partial charge is 0.307 e. The van der Waals surface area contributed by atoms with E-state index in [1.807, 2.05) is 30.3 Å². The summed E-state index contributed by atoms with van der Waals surface area (Å²) in [6.45, 7) is 0. The first kappa shape index (κ1) is 39.1. The summed E-state index contributed by atoms with van der Waals surface area (Å²) in [7, 11) is 0. The first-order valence-electron chi connectivity index (χ1n) is 22.9. The van der Waals surface area contributed by atoms with Crippen molar-refractivity contribution in [2.45, 2.75) is 0 Å². The monoisotopic (exact) mass is 868 g/mol. The van der Waals surface area contributed by atoms with E-state index in [0.717, 1.165) is 105 Å². The van der Waals surface area contributed by atoms with Crippen molar-refractivity contribution in [2.24, 2.45) is 0 Å². The van der Waals surface area contributed by atoms with Gasteiger partial charge >= 0.3 is 0 Å². The van der Waals surface area contributed by atoms with Gasteiger partial charge in [-0.15, -0.1) is 0 Å². The van der Waals surface area contributed by atoms with E-state index >= 15 is 0 Å². The second kappa shape index (κ2) is 16.3. The Labute approximate surface area is 392 Å². The van der Waals surface area contributed by atoms with Crippen molar-refractivity contribution in [1.82, 2.24) is 29.1 Å². The summed E-state index contributed by atoms with van der Waals surface area (Å²) in [6, 6.07) is 85.1. The van der Waals surface area contributed by atoms with Crippen LogP contribution in [0.5, 0.6) is 0 Å². The van der Waals surface area contributed by atoms with Crippen LogP contribution in [-0.2, 0) is 0 Å². The van der Waals surface area contributed by atoms with Crippen LogP contribution < -0.4 is 0 Å². The van der Waals surface area contributed by atoms with Gasteiger partial charge in [0.2, 0.25) is 5.95 Å². The minimum atomic E-state index is 0.545. The molecular weight excluding hydrogens is 829 g/mol. The molecule has 0 N–H and O–H groups in total. The Bertz CT molecular complexity index is 3930. The van der Waals surface area contributed by atoms with Crippen LogP contribution in [0.1, 0.15) is 0 Å². The maximum Gasteiger partial charge on any atom is 0.238 e. The van der Waals surface area contributed by atoms with Crippen LogP contribution in [0, 0.1) is 0 Å². The molecule has 6 nitrogen and oxygen atoms in total. The zero-order chi connectivity index (χ0) is 45.0. The molecule has 68 heavy (non-hydrogen) atoms. The first-order chi connectivity index (χ1) is 33.7. The Morgan fingerprint density at radius 2 is 0.691 bits per heavy atom. The number of para-hydroxylation sites is 2. The summed E-state index contributed by atoms with van der Waals surface area (Å²) < 4.78 is 4.65. The van der Waals surface area contributed by atoms with Crippen molar-refractivity contribution >= 4 is 43.6 Å². The van der Waals surface area contributed by atoms with Crippen molar-refractivity contribution in [3.63, 3.8) is 0 Å². The molecule has 4 aromatic heterocycles. The average Bonchev–Trinajstić information content (AvgIpc) is 3.95. The molecule has 0 spiro atoms. The number of fused-ring (bicyclic) bond motifs is 7. The molecule has 0 aliphatic rings. The van der Waals surface area contributed by atoms with Gasteiger partial charge in [0.1, 0.15) is 0 Å². The number of pyridine rings is 1. The van der Waals surface area contributed by atoms with Crippen molar-refractivity contribution < 1.29 is 0 Å². The molecule has 6 heteroatoms. The van der Waals surface area contributed by atoms with Gasteiger partial charge < -0.3 is 4.57 Å². The highest BCUT2D eigenvalue weighted by Crippen LogP contribution is 2.42. The fourth-order valence-electron chi connectivity index (χ4n) is 9.77. The van der Waals surface area contributed by atoms with E-state index in [1.54, 1.807) is 0 Å². The Hall–Kier alpha value is -9.26. The summed E-state index contributed by atoms with van der Waals surface area (Å²) >= 11 is 0. The highest BCUT2D eigenvalue weighted by Gasteiger charge is 2.24. The summed E-state index contributed by atoms with van der Waals surface area (Å²) in [4.78, 5) is 21.2. The van der Waals surface area contributed by atoms with Gasteiger partial charge in [-0.3, -0.25) is 4.57 Å². The second-order valence-corrected chi connectivity index (χ2v) is 17.1. The van der Waals surface area contributed by atoms with E-state index in [2.05, 4.69) is 221 Å². The van der Waals surface area contributed by atoms with Crippen LogP contribution in [0.4, 0.5) is 0 Å². The molecule has 0 aliphatic carbocycles.